The lowest BCUT2D eigenvalue weighted by Gasteiger charge is -2.26. The standard InChI is InChI=1S/C21H21N3O5/c1-12(2)11-17(24-20(28)15-5-3-4-6-16(15)21(24)29)19(27)23-22-18(26)13-7-9-14(25)10-8-13/h3-10,12,17,25H,11H2,1-2H3,(H,22,26)(H,23,27)/t17-/m0/s1. The number of carbonyl (C=O) groups is 4. The predicted octanol–water partition coefficient (Wildman–Crippen LogP) is 1.86. The maximum absolute atomic E-state index is 12.8. The molecular weight excluding hydrogens is 374 g/mol. The van der Waals surface area contributed by atoms with Crippen molar-refractivity contribution >= 4 is 23.6 Å². The van der Waals surface area contributed by atoms with Gasteiger partial charge < -0.3 is 5.11 Å². The fraction of sp³-hybridized carbons (Fsp3) is 0.238. The fourth-order valence-electron chi connectivity index (χ4n) is 3.15. The molecule has 0 radical (unpaired) electrons. The van der Waals surface area contributed by atoms with Crippen LogP contribution in [-0.4, -0.2) is 39.7 Å². The average molecular weight is 395 g/mol. The quantitative estimate of drug-likeness (QED) is 0.528. The Kier molecular flexibility index (Phi) is 5.63. The van der Waals surface area contributed by atoms with E-state index in [4.69, 9.17) is 0 Å². The molecule has 2 aromatic carbocycles. The van der Waals surface area contributed by atoms with Crippen molar-refractivity contribution in [2.45, 2.75) is 26.3 Å². The highest BCUT2D eigenvalue weighted by Gasteiger charge is 2.42. The van der Waals surface area contributed by atoms with Crippen LogP contribution in [0.25, 0.3) is 0 Å². The Morgan fingerprint density at radius 2 is 1.48 bits per heavy atom. The summed E-state index contributed by atoms with van der Waals surface area (Å²) in [6.45, 7) is 3.74. The van der Waals surface area contributed by atoms with Gasteiger partial charge in [-0.2, -0.15) is 0 Å². The van der Waals surface area contributed by atoms with E-state index in [2.05, 4.69) is 10.9 Å². The van der Waals surface area contributed by atoms with Crippen LogP contribution in [0.2, 0.25) is 0 Å². The molecule has 29 heavy (non-hydrogen) atoms. The minimum atomic E-state index is -1.07. The molecule has 8 nitrogen and oxygen atoms in total. The highest BCUT2D eigenvalue weighted by molar-refractivity contribution is 6.22. The van der Waals surface area contributed by atoms with Crippen LogP contribution in [0.4, 0.5) is 0 Å². The van der Waals surface area contributed by atoms with Crippen molar-refractivity contribution in [3.63, 3.8) is 0 Å². The summed E-state index contributed by atoms with van der Waals surface area (Å²) in [6, 6.07) is 10.8. The number of fused-ring (bicyclic) bond motifs is 1. The molecule has 0 saturated carbocycles. The molecule has 0 saturated heterocycles. The zero-order valence-corrected chi connectivity index (χ0v) is 16.0. The molecule has 4 amide bonds. The fourth-order valence-corrected chi connectivity index (χ4v) is 3.15. The number of aromatic hydroxyl groups is 1. The number of benzene rings is 2. The van der Waals surface area contributed by atoms with Crippen LogP contribution in [0.5, 0.6) is 5.75 Å². The molecule has 8 heteroatoms. The van der Waals surface area contributed by atoms with E-state index in [1.165, 1.54) is 24.3 Å². The van der Waals surface area contributed by atoms with Gasteiger partial charge in [-0.25, -0.2) is 0 Å². The second-order valence-corrected chi connectivity index (χ2v) is 7.16. The molecule has 1 aliphatic heterocycles. The number of nitrogens with zero attached hydrogens (tertiary/aromatic N) is 1. The summed E-state index contributed by atoms with van der Waals surface area (Å²) in [7, 11) is 0. The molecular formula is C21H21N3O5. The van der Waals surface area contributed by atoms with Gasteiger partial charge in [0.05, 0.1) is 11.1 Å². The van der Waals surface area contributed by atoms with Crippen molar-refractivity contribution < 1.29 is 24.3 Å². The van der Waals surface area contributed by atoms with Crippen LogP contribution in [0, 0.1) is 5.92 Å². The van der Waals surface area contributed by atoms with Gasteiger partial charge in [-0.1, -0.05) is 26.0 Å². The monoisotopic (exact) mass is 395 g/mol. The van der Waals surface area contributed by atoms with E-state index in [0.717, 1.165) is 4.90 Å². The maximum atomic E-state index is 12.8. The number of imide groups is 1. The van der Waals surface area contributed by atoms with Crippen molar-refractivity contribution in [2.75, 3.05) is 0 Å². The van der Waals surface area contributed by atoms with Gasteiger partial charge >= 0.3 is 0 Å². The Morgan fingerprint density at radius 3 is 2.00 bits per heavy atom. The molecule has 1 atom stereocenters. The Labute approximate surface area is 167 Å². The zero-order valence-electron chi connectivity index (χ0n) is 16.0. The molecule has 2 aromatic rings. The van der Waals surface area contributed by atoms with Gasteiger partial charge in [-0.05, 0) is 48.7 Å². The summed E-state index contributed by atoms with van der Waals surface area (Å²) < 4.78 is 0. The molecule has 0 bridgehead atoms. The first-order chi connectivity index (χ1) is 13.8. The highest BCUT2D eigenvalue weighted by Crippen LogP contribution is 2.26. The lowest BCUT2D eigenvalue weighted by molar-refractivity contribution is -0.126. The molecule has 150 valence electrons. The first-order valence-corrected chi connectivity index (χ1v) is 9.15. The summed E-state index contributed by atoms with van der Waals surface area (Å²) in [5.41, 5.74) is 5.31. The minimum absolute atomic E-state index is 0.00760. The number of carbonyl (C=O) groups excluding carboxylic acids is 4. The van der Waals surface area contributed by atoms with E-state index in [0.29, 0.717) is 0 Å². The Hall–Kier alpha value is -3.68. The van der Waals surface area contributed by atoms with Crippen LogP contribution in [-0.2, 0) is 4.79 Å². The van der Waals surface area contributed by atoms with Crippen LogP contribution in [0.3, 0.4) is 0 Å². The third-order valence-electron chi connectivity index (χ3n) is 4.56. The Bertz CT molecular complexity index is 934. The molecule has 1 heterocycles. The SMILES string of the molecule is CC(C)C[C@@H](C(=O)NNC(=O)c1ccc(O)cc1)N1C(=O)c2ccccc2C1=O. The molecule has 0 aromatic heterocycles. The summed E-state index contributed by atoms with van der Waals surface area (Å²) in [5, 5.41) is 9.29. The molecule has 0 aliphatic carbocycles. The van der Waals surface area contributed by atoms with Gasteiger partial charge in [-0.15, -0.1) is 0 Å². The Morgan fingerprint density at radius 1 is 0.931 bits per heavy atom. The van der Waals surface area contributed by atoms with E-state index in [1.54, 1.807) is 24.3 Å². The smallest absolute Gasteiger partial charge is 0.269 e. The second-order valence-electron chi connectivity index (χ2n) is 7.16. The van der Waals surface area contributed by atoms with Crippen LogP contribution in [0.15, 0.2) is 48.5 Å². The molecule has 0 spiro atoms. The van der Waals surface area contributed by atoms with Gasteiger partial charge in [0.15, 0.2) is 0 Å². The number of phenolic OH excluding ortho intramolecular Hbond substituents is 1. The van der Waals surface area contributed by atoms with Crippen LogP contribution >= 0.6 is 0 Å². The molecule has 0 fully saturated rings. The third-order valence-corrected chi connectivity index (χ3v) is 4.56. The zero-order chi connectivity index (χ0) is 21.1. The highest BCUT2D eigenvalue weighted by atomic mass is 16.3. The Balaban J connectivity index is 1.76. The largest absolute Gasteiger partial charge is 0.508 e. The molecule has 0 unspecified atom stereocenters. The number of hydrogen-bond acceptors (Lipinski definition) is 5. The van der Waals surface area contributed by atoms with E-state index < -0.39 is 29.7 Å². The number of rotatable bonds is 5. The van der Waals surface area contributed by atoms with E-state index in [9.17, 15) is 24.3 Å². The van der Waals surface area contributed by atoms with E-state index in [-0.39, 0.29) is 34.8 Å². The second kappa shape index (κ2) is 8.14. The van der Waals surface area contributed by atoms with E-state index >= 15 is 0 Å². The maximum Gasteiger partial charge on any atom is 0.269 e. The van der Waals surface area contributed by atoms with Crippen molar-refractivity contribution in [1.29, 1.82) is 0 Å². The van der Waals surface area contributed by atoms with Gasteiger partial charge in [0.2, 0.25) is 0 Å². The summed E-state index contributed by atoms with van der Waals surface area (Å²) in [5.74, 6) is -2.30. The normalized spacial score (nSPS) is 14.0. The average Bonchev–Trinajstić information content (AvgIpc) is 2.95. The topological polar surface area (TPSA) is 116 Å². The van der Waals surface area contributed by atoms with Crippen molar-refractivity contribution in [1.82, 2.24) is 15.8 Å². The first kappa shape index (κ1) is 20.1. The first-order valence-electron chi connectivity index (χ1n) is 9.15. The number of phenols is 1. The van der Waals surface area contributed by atoms with Crippen LogP contribution in [0.1, 0.15) is 51.3 Å². The van der Waals surface area contributed by atoms with Gasteiger partial charge in [0.25, 0.3) is 23.6 Å². The van der Waals surface area contributed by atoms with Gasteiger partial charge in [-0.3, -0.25) is 34.9 Å². The summed E-state index contributed by atoms with van der Waals surface area (Å²) in [6.07, 6.45) is 0.242. The lowest BCUT2D eigenvalue weighted by Crippen LogP contribution is -2.54. The van der Waals surface area contributed by atoms with E-state index in [1.807, 2.05) is 13.8 Å². The predicted molar refractivity (Wildman–Crippen MR) is 104 cm³/mol. The molecule has 3 N–H and O–H groups in total. The van der Waals surface area contributed by atoms with Crippen molar-refractivity contribution in [3.05, 3.63) is 65.2 Å². The minimum Gasteiger partial charge on any atom is -0.508 e. The number of amides is 4. The summed E-state index contributed by atoms with van der Waals surface area (Å²) in [4.78, 5) is 51.4. The molecule has 1 aliphatic rings. The van der Waals surface area contributed by atoms with Gasteiger partial charge in [0, 0.05) is 5.56 Å². The number of nitrogens with one attached hydrogen (secondary N) is 2. The van der Waals surface area contributed by atoms with Gasteiger partial charge in [0.1, 0.15) is 11.8 Å². The molecule has 3 rings (SSSR count). The van der Waals surface area contributed by atoms with Crippen LogP contribution < -0.4 is 10.9 Å². The number of hydrogen-bond donors (Lipinski definition) is 3. The van der Waals surface area contributed by atoms with Crippen molar-refractivity contribution in [2.24, 2.45) is 5.92 Å². The lowest BCUT2D eigenvalue weighted by atomic mass is 10.0. The summed E-state index contributed by atoms with van der Waals surface area (Å²) >= 11 is 0. The number of hydrazine groups is 1. The van der Waals surface area contributed by atoms with Crippen molar-refractivity contribution in [3.8, 4) is 5.75 Å². The third kappa shape index (κ3) is 4.11.